The van der Waals surface area contributed by atoms with Gasteiger partial charge in [-0.05, 0) is 24.3 Å². The Morgan fingerprint density at radius 3 is 2.91 bits per heavy atom. The van der Waals surface area contributed by atoms with Crippen LogP contribution in [0.3, 0.4) is 0 Å². The third-order valence-corrected chi connectivity index (χ3v) is 3.97. The number of pyridine rings is 1. The Balaban J connectivity index is 1.75. The number of carbonyl (C=O) groups is 1. The number of hydrazone groups is 1. The molecular formula is C17H15N5O. The summed E-state index contributed by atoms with van der Waals surface area (Å²) in [6, 6.07) is 9.84. The molecule has 6 nitrogen and oxygen atoms in total. The van der Waals surface area contributed by atoms with Crippen LogP contribution in [-0.2, 0) is 4.79 Å². The number of aromatic nitrogens is 3. The lowest BCUT2D eigenvalue weighted by molar-refractivity contribution is -0.121. The fourth-order valence-electron chi connectivity index (χ4n) is 2.81. The first-order chi connectivity index (χ1) is 11.2. The fourth-order valence-corrected chi connectivity index (χ4v) is 2.81. The Hall–Kier alpha value is -3.02. The molecule has 1 atom stereocenters. The number of nitrogens with zero attached hydrogens (tertiary/aromatic N) is 3. The van der Waals surface area contributed by atoms with E-state index < -0.39 is 0 Å². The van der Waals surface area contributed by atoms with Crippen molar-refractivity contribution in [3.05, 3.63) is 48.3 Å². The third-order valence-electron chi connectivity index (χ3n) is 3.97. The highest BCUT2D eigenvalue weighted by Gasteiger charge is 2.22. The molecule has 0 spiro atoms. The number of benzene rings is 1. The Morgan fingerprint density at radius 1 is 1.22 bits per heavy atom. The molecule has 1 aliphatic heterocycles. The molecule has 0 bridgehead atoms. The second-order valence-corrected chi connectivity index (χ2v) is 5.70. The van der Waals surface area contributed by atoms with Crippen LogP contribution in [0, 0.1) is 5.92 Å². The molecule has 3 heterocycles. The summed E-state index contributed by atoms with van der Waals surface area (Å²) in [4.78, 5) is 23.4. The maximum atomic E-state index is 11.4. The number of hydrogen-bond donors (Lipinski definition) is 2. The molecule has 0 saturated carbocycles. The molecule has 0 aliphatic carbocycles. The van der Waals surface area contributed by atoms with Crippen LogP contribution in [0.1, 0.15) is 18.9 Å². The summed E-state index contributed by atoms with van der Waals surface area (Å²) in [5.41, 5.74) is 7.19. The summed E-state index contributed by atoms with van der Waals surface area (Å²) >= 11 is 0. The molecular weight excluding hydrogens is 290 g/mol. The third kappa shape index (κ3) is 2.48. The van der Waals surface area contributed by atoms with E-state index in [0.717, 1.165) is 33.7 Å². The van der Waals surface area contributed by atoms with Gasteiger partial charge in [-0.3, -0.25) is 9.78 Å². The molecule has 6 heteroatoms. The van der Waals surface area contributed by atoms with E-state index in [2.05, 4.69) is 25.5 Å². The SMILES string of the molecule is CC1CC(=O)NN=C1c1ccc2[nH]c(-c3cccnc3)nc2c1. The van der Waals surface area contributed by atoms with Crippen molar-refractivity contribution in [2.24, 2.45) is 11.0 Å². The van der Waals surface area contributed by atoms with Gasteiger partial charge < -0.3 is 4.98 Å². The molecule has 1 aliphatic rings. The highest BCUT2D eigenvalue weighted by Crippen LogP contribution is 2.23. The maximum Gasteiger partial charge on any atom is 0.240 e. The van der Waals surface area contributed by atoms with E-state index in [1.165, 1.54) is 0 Å². The Kier molecular flexibility index (Phi) is 3.15. The van der Waals surface area contributed by atoms with Crippen LogP contribution in [0.5, 0.6) is 0 Å². The second-order valence-electron chi connectivity index (χ2n) is 5.70. The van der Waals surface area contributed by atoms with E-state index in [1.54, 1.807) is 12.4 Å². The number of rotatable bonds is 2. The highest BCUT2D eigenvalue weighted by atomic mass is 16.2. The number of hydrogen-bond acceptors (Lipinski definition) is 4. The van der Waals surface area contributed by atoms with Crippen LogP contribution in [0.2, 0.25) is 0 Å². The van der Waals surface area contributed by atoms with Crippen molar-refractivity contribution in [2.75, 3.05) is 0 Å². The Morgan fingerprint density at radius 2 is 2.13 bits per heavy atom. The largest absolute Gasteiger partial charge is 0.338 e. The van der Waals surface area contributed by atoms with E-state index >= 15 is 0 Å². The number of aromatic amines is 1. The fraction of sp³-hybridized carbons (Fsp3) is 0.176. The molecule has 114 valence electrons. The summed E-state index contributed by atoms with van der Waals surface area (Å²) < 4.78 is 0. The lowest BCUT2D eigenvalue weighted by atomic mass is 9.94. The van der Waals surface area contributed by atoms with Gasteiger partial charge >= 0.3 is 0 Å². The molecule has 0 saturated heterocycles. The normalized spacial score (nSPS) is 17.9. The molecule has 2 N–H and O–H groups in total. The minimum absolute atomic E-state index is 0.0408. The van der Waals surface area contributed by atoms with E-state index in [-0.39, 0.29) is 11.8 Å². The van der Waals surface area contributed by atoms with Crippen LogP contribution in [-0.4, -0.2) is 26.6 Å². The number of H-pyrrole nitrogens is 1. The Bertz CT molecular complexity index is 913. The zero-order valence-electron chi connectivity index (χ0n) is 12.6. The van der Waals surface area contributed by atoms with Crippen molar-refractivity contribution in [3.8, 4) is 11.4 Å². The quantitative estimate of drug-likeness (QED) is 0.763. The van der Waals surface area contributed by atoms with E-state index in [0.29, 0.717) is 6.42 Å². The van der Waals surface area contributed by atoms with Gasteiger partial charge in [-0.1, -0.05) is 13.0 Å². The minimum Gasteiger partial charge on any atom is -0.338 e. The first-order valence-corrected chi connectivity index (χ1v) is 7.47. The molecule has 0 radical (unpaired) electrons. The standard InChI is InChI=1S/C17H15N5O/c1-10-7-15(23)21-22-16(10)11-4-5-13-14(8-11)20-17(19-13)12-3-2-6-18-9-12/h2-6,8-10H,7H2,1H3,(H,19,20)(H,21,23). The van der Waals surface area contributed by atoms with Crippen molar-refractivity contribution in [1.82, 2.24) is 20.4 Å². The van der Waals surface area contributed by atoms with Crippen molar-refractivity contribution < 1.29 is 4.79 Å². The number of amides is 1. The predicted molar refractivity (Wildman–Crippen MR) is 87.8 cm³/mol. The van der Waals surface area contributed by atoms with E-state index in [4.69, 9.17) is 0 Å². The second kappa shape index (κ2) is 5.31. The monoisotopic (exact) mass is 305 g/mol. The molecule has 3 aromatic rings. The number of nitrogens with one attached hydrogen (secondary N) is 2. The lowest BCUT2D eigenvalue weighted by Crippen LogP contribution is -2.31. The van der Waals surface area contributed by atoms with Gasteiger partial charge in [0.15, 0.2) is 0 Å². The highest BCUT2D eigenvalue weighted by molar-refractivity contribution is 6.07. The zero-order valence-corrected chi connectivity index (χ0v) is 12.6. The topological polar surface area (TPSA) is 83.0 Å². The van der Waals surface area contributed by atoms with Gasteiger partial charge in [0.2, 0.25) is 5.91 Å². The average molecular weight is 305 g/mol. The maximum absolute atomic E-state index is 11.4. The van der Waals surface area contributed by atoms with Gasteiger partial charge in [0, 0.05) is 35.9 Å². The molecule has 1 unspecified atom stereocenters. The molecule has 2 aromatic heterocycles. The smallest absolute Gasteiger partial charge is 0.240 e. The van der Waals surface area contributed by atoms with Gasteiger partial charge in [0.1, 0.15) is 5.82 Å². The summed E-state index contributed by atoms with van der Waals surface area (Å²) in [5.74, 6) is 0.844. The first-order valence-electron chi connectivity index (χ1n) is 7.47. The first kappa shape index (κ1) is 13.6. The van der Waals surface area contributed by atoms with Crippen LogP contribution in [0.4, 0.5) is 0 Å². The zero-order chi connectivity index (χ0) is 15.8. The van der Waals surface area contributed by atoms with Gasteiger partial charge in [-0.2, -0.15) is 5.10 Å². The van der Waals surface area contributed by atoms with Crippen molar-refractivity contribution >= 4 is 22.7 Å². The number of imidazole rings is 1. The van der Waals surface area contributed by atoms with Crippen molar-refractivity contribution in [1.29, 1.82) is 0 Å². The van der Waals surface area contributed by atoms with Crippen LogP contribution in [0.25, 0.3) is 22.4 Å². The number of fused-ring (bicyclic) bond motifs is 1. The molecule has 4 rings (SSSR count). The summed E-state index contributed by atoms with van der Waals surface area (Å²) in [6.45, 7) is 2.01. The van der Waals surface area contributed by atoms with Crippen molar-refractivity contribution in [2.45, 2.75) is 13.3 Å². The molecule has 0 fully saturated rings. The summed E-state index contributed by atoms with van der Waals surface area (Å²) in [7, 11) is 0. The van der Waals surface area contributed by atoms with E-state index in [1.807, 2.05) is 37.3 Å². The predicted octanol–water partition coefficient (Wildman–Crippen LogP) is 2.49. The minimum atomic E-state index is -0.0408. The van der Waals surface area contributed by atoms with Gasteiger partial charge in [-0.25, -0.2) is 10.4 Å². The van der Waals surface area contributed by atoms with Crippen LogP contribution >= 0.6 is 0 Å². The average Bonchev–Trinajstić information content (AvgIpc) is 2.99. The summed E-state index contributed by atoms with van der Waals surface area (Å²) in [5, 5.41) is 4.20. The van der Waals surface area contributed by atoms with Gasteiger partial charge in [-0.15, -0.1) is 0 Å². The summed E-state index contributed by atoms with van der Waals surface area (Å²) in [6.07, 6.45) is 3.97. The number of carbonyl (C=O) groups excluding carboxylic acids is 1. The molecule has 1 aromatic carbocycles. The van der Waals surface area contributed by atoms with Gasteiger partial charge in [0.05, 0.1) is 16.7 Å². The molecule has 23 heavy (non-hydrogen) atoms. The van der Waals surface area contributed by atoms with E-state index in [9.17, 15) is 4.79 Å². The Labute approximate surface area is 132 Å². The lowest BCUT2D eigenvalue weighted by Gasteiger charge is -2.18. The van der Waals surface area contributed by atoms with Crippen molar-refractivity contribution in [3.63, 3.8) is 0 Å². The van der Waals surface area contributed by atoms with Crippen LogP contribution in [0.15, 0.2) is 47.8 Å². The van der Waals surface area contributed by atoms with Crippen LogP contribution < -0.4 is 5.43 Å². The molecule has 1 amide bonds. The van der Waals surface area contributed by atoms with Gasteiger partial charge in [0.25, 0.3) is 0 Å².